The molecule has 2 aromatic rings. The molecule has 0 spiro atoms. The molecule has 2 rings (SSSR count). The molecule has 24 heavy (non-hydrogen) atoms. The third-order valence-electron chi connectivity index (χ3n) is 3.33. The van der Waals surface area contributed by atoms with Gasteiger partial charge in [0.25, 0.3) is 11.6 Å². The summed E-state index contributed by atoms with van der Waals surface area (Å²) in [6, 6.07) is 8.78. The number of rotatable bonds is 7. The van der Waals surface area contributed by atoms with E-state index in [1.807, 2.05) is 12.1 Å². The standard InChI is InChI=1S/C16H17BrN4O3/c1-11-9-15(20-10-14(11)21(23)24)18-7-2-8-19-16(22)12-3-5-13(17)6-4-12/h3-6,9-10H,2,7-8H2,1H3,(H,18,20)(H,19,22). The third-order valence-corrected chi connectivity index (χ3v) is 3.86. The van der Waals surface area contributed by atoms with Crippen molar-refractivity contribution >= 4 is 33.3 Å². The zero-order valence-electron chi connectivity index (χ0n) is 13.1. The molecular weight excluding hydrogens is 376 g/mol. The fraction of sp³-hybridized carbons (Fsp3) is 0.250. The Hall–Kier alpha value is -2.48. The normalized spacial score (nSPS) is 10.2. The predicted octanol–water partition coefficient (Wildman–Crippen LogP) is 3.29. The van der Waals surface area contributed by atoms with E-state index in [0.717, 1.165) is 4.47 Å². The number of nitro groups is 1. The largest absolute Gasteiger partial charge is 0.370 e. The third kappa shape index (κ3) is 5.02. The van der Waals surface area contributed by atoms with E-state index in [1.165, 1.54) is 6.20 Å². The van der Waals surface area contributed by atoms with E-state index >= 15 is 0 Å². The number of nitrogens with one attached hydrogen (secondary N) is 2. The van der Waals surface area contributed by atoms with E-state index in [0.29, 0.717) is 36.5 Å². The van der Waals surface area contributed by atoms with Crippen LogP contribution in [0.15, 0.2) is 41.0 Å². The van der Waals surface area contributed by atoms with Gasteiger partial charge < -0.3 is 10.6 Å². The lowest BCUT2D eigenvalue weighted by Gasteiger charge is -2.08. The predicted molar refractivity (Wildman–Crippen MR) is 95.2 cm³/mol. The van der Waals surface area contributed by atoms with E-state index in [9.17, 15) is 14.9 Å². The molecule has 1 amide bonds. The average Bonchev–Trinajstić information content (AvgIpc) is 2.54. The molecule has 1 aromatic heterocycles. The van der Waals surface area contributed by atoms with Crippen molar-refractivity contribution in [2.75, 3.05) is 18.4 Å². The maximum absolute atomic E-state index is 11.9. The van der Waals surface area contributed by atoms with E-state index in [2.05, 4.69) is 31.5 Å². The Bertz CT molecular complexity index is 735. The molecule has 1 heterocycles. The Kier molecular flexibility index (Phi) is 6.25. The molecule has 1 aromatic carbocycles. The monoisotopic (exact) mass is 392 g/mol. The highest BCUT2D eigenvalue weighted by molar-refractivity contribution is 9.10. The number of carbonyl (C=O) groups excluding carboxylic acids is 1. The number of pyridine rings is 1. The van der Waals surface area contributed by atoms with Gasteiger partial charge in [-0.2, -0.15) is 0 Å². The molecule has 0 saturated carbocycles. The minimum atomic E-state index is -0.455. The maximum Gasteiger partial charge on any atom is 0.290 e. The number of amides is 1. The van der Waals surface area contributed by atoms with Crippen molar-refractivity contribution < 1.29 is 9.72 Å². The van der Waals surface area contributed by atoms with Gasteiger partial charge in [-0.05, 0) is 43.7 Å². The van der Waals surface area contributed by atoms with Crippen LogP contribution >= 0.6 is 15.9 Å². The molecule has 0 unspecified atom stereocenters. The Morgan fingerprint density at radius 3 is 2.62 bits per heavy atom. The highest BCUT2D eigenvalue weighted by Crippen LogP contribution is 2.18. The molecule has 0 aliphatic rings. The zero-order chi connectivity index (χ0) is 17.5. The second-order valence-electron chi connectivity index (χ2n) is 5.16. The first-order valence-corrected chi connectivity index (χ1v) is 8.15. The van der Waals surface area contributed by atoms with Gasteiger partial charge >= 0.3 is 0 Å². The second kappa shape index (κ2) is 8.39. The first-order chi connectivity index (χ1) is 11.5. The summed E-state index contributed by atoms with van der Waals surface area (Å²) in [5, 5.41) is 16.7. The first kappa shape index (κ1) is 17.9. The number of nitrogens with zero attached hydrogens (tertiary/aromatic N) is 2. The van der Waals surface area contributed by atoms with Gasteiger partial charge in [-0.15, -0.1) is 0 Å². The number of hydrogen-bond donors (Lipinski definition) is 2. The Labute approximate surface area is 147 Å². The van der Waals surface area contributed by atoms with E-state index in [1.54, 1.807) is 25.1 Å². The van der Waals surface area contributed by atoms with Crippen LogP contribution in [0.4, 0.5) is 11.5 Å². The van der Waals surface area contributed by atoms with E-state index in [-0.39, 0.29) is 11.6 Å². The lowest BCUT2D eigenvalue weighted by molar-refractivity contribution is -0.385. The molecule has 7 nitrogen and oxygen atoms in total. The number of benzene rings is 1. The van der Waals surface area contributed by atoms with Gasteiger partial charge in [0.1, 0.15) is 12.0 Å². The SMILES string of the molecule is Cc1cc(NCCCNC(=O)c2ccc(Br)cc2)ncc1[N+](=O)[O-]. The fourth-order valence-corrected chi connectivity index (χ4v) is 2.31. The average molecular weight is 393 g/mol. The number of hydrogen-bond acceptors (Lipinski definition) is 5. The topological polar surface area (TPSA) is 97.2 Å². The maximum atomic E-state index is 11.9. The van der Waals surface area contributed by atoms with Crippen LogP contribution in [0.25, 0.3) is 0 Å². The molecule has 0 radical (unpaired) electrons. The molecule has 8 heteroatoms. The lowest BCUT2D eigenvalue weighted by atomic mass is 10.2. The van der Waals surface area contributed by atoms with Gasteiger partial charge in [-0.3, -0.25) is 14.9 Å². The molecule has 0 atom stereocenters. The van der Waals surface area contributed by atoms with Crippen molar-refractivity contribution in [3.63, 3.8) is 0 Å². The van der Waals surface area contributed by atoms with Gasteiger partial charge in [0, 0.05) is 28.7 Å². The van der Waals surface area contributed by atoms with Crippen molar-refractivity contribution in [1.82, 2.24) is 10.3 Å². The molecule has 0 fully saturated rings. The Balaban J connectivity index is 1.73. The quantitative estimate of drug-likeness (QED) is 0.428. The summed E-state index contributed by atoms with van der Waals surface area (Å²) in [5.74, 6) is 0.462. The van der Waals surface area contributed by atoms with Crippen LogP contribution in [0.2, 0.25) is 0 Å². The van der Waals surface area contributed by atoms with Crippen molar-refractivity contribution in [2.45, 2.75) is 13.3 Å². The molecule has 0 saturated heterocycles. The lowest BCUT2D eigenvalue weighted by Crippen LogP contribution is -2.25. The summed E-state index contributed by atoms with van der Waals surface area (Å²) in [6.45, 7) is 2.79. The number of aryl methyl sites for hydroxylation is 1. The zero-order valence-corrected chi connectivity index (χ0v) is 14.7. The van der Waals surface area contributed by atoms with Gasteiger partial charge in [0.2, 0.25) is 0 Å². The van der Waals surface area contributed by atoms with Crippen LogP contribution in [0.1, 0.15) is 22.3 Å². The fourth-order valence-electron chi connectivity index (χ4n) is 2.05. The minimum absolute atomic E-state index is 0.00214. The minimum Gasteiger partial charge on any atom is -0.370 e. The first-order valence-electron chi connectivity index (χ1n) is 7.36. The molecule has 0 bridgehead atoms. The highest BCUT2D eigenvalue weighted by Gasteiger charge is 2.11. The molecule has 2 N–H and O–H groups in total. The van der Waals surface area contributed by atoms with E-state index < -0.39 is 4.92 Å². The van der Waals surface area contributed by atoms with Crippen molar-refractivity contribution in [2.24, 2.45) is 0 Å². The molecule has 126 valence electrons. The number of halogens is 1. The van der Waals surface area contributed by atoms with Crippen molar-refractivity contribution in [3.05, 3.63) is 62.2 Å². The summed E-state index contributed by atoms with van der Waals surface area (Å²) in [6.07, 6.45) is 1.95. The van der Waals surface area contributed by atoms with Gasteiger partial charge in [0.05, 0.1) is 4.92 Å². The van der Waals surface area contributed by atoms with Gasteiger partial charge in [-0.1, -0.05) is 15.9 Å². The Morgan fingerprint density at radius 2 is 2.00 bits per heavy atom. The summed E-state index contributed by atoms with van der Waals surface area (Å²) in [4.78, 5) is 26.2. The molecule has 0 aliphatic carbocycles. The Morgan fingerprint density at radius 1 is 1.29 bits per heavy atom. The molecule has 0 aliphatic heterocycles. The van der Waals surface area contributed by atoms with Crippen molar-refractivity contribution in [1.29, 1.82) is 0 Å². The number of aromatic nitrogens is 1. The van der Waals surface area contributed by atoms with Crippen LogP contribution < -0.4 is 10.6 Å². The van der Waals surface area contributed by atoms with Gasteiger partial charge in [0.15, 0.2) is 0 Å². The number of anilines is 1. The second-order valence-corrected chi connectivity index (χ2v) is 6.07. The van der Waals surface area contributed by atoms with Crippen LogP contribution in [0.3, 0.4) is 0 Å². The van der Waals surface area contributed by atoms with Crippen LogP contribution in [0.5, 0.6) is 0 Å². The highest BCUT2D eigenvalue weighted by atomic mass is 79.9. The van der Waals surface area contributed by atoms with Crippen molar-refractivity contribution in [3.8, 4) is 0 Å². The number of carbonyl (C=O) groups is 1. The van der Waals surface area contributed by atoms with E-state index in [4.69, 9.17) is 0 Å². The van der Waals surface area contributed by atoms with Gasteiger partial charge in [-0.25, -0.2) is 4.98 Å². The summed E-state index contributed by atoms with van der Waals surface area (Å²) < 4.78 is 0.925. The molecular formula is C16H17BrN4O3. The van der Waals surface area contributed by atoms with Crippen LogP contribution in [0, 0.1) is 17.0 Å². The smallest absolute Gasteiger partial charge is 0.290 e. The summed E-state index contributed by atoms with van der Waals surface area (Å²) in [5.41, 5.74) is 1.17. The summed E-state index contributed by atoms with van der Waals surface area (Å²) >= 11 is 3.32. The van der Waals surface area contributed by atoms with Crippen LogP contribution in [-0.4, -0.2) is 28.9 Å². The van der Waals surface area contributed by atoms with Crippen LogP contribution in [-0.2, 0) is 0 Å². The summed E-state index contributed by atoms with van der Waals surface area (Å²) in [7, 11) is 0.